The maximum atomic E-state index is 10.3. The number of aldehydes is 1. The molecular formula is C8H7NO2. The lowest BCUT2D eigenvalue weighted by molar-refractivity contribution is 0.112. The van der Waals surface area contributed by atoms with Crippen LogP contribution in [0, 0.1) is 5.41 Å². The largest absolute Gasteiger partial charge is 0.507 e. The second-order valence-electron chi connectivity index (χ2n) is 2.04. The van der Waals surface area contributed by atoms with Crippen molar-refractivity contribution < 1.29 is 9.90 Å². The summed E-state index contributed by atoms with van der Waals surface area (Å²) in [5.41, 5.74) is 0.600. The molecule has 56 valence electrons. The van der Waals surface area contributed by atoms with E-state index >= 15 is 0 Å². The van der Waals surface area contributed by atoms with E-state index < -0.39 is 0 Å². The summed E-state index contributed by atoms with van der Waals surface area (Å²) in [6.07, 6.45) is 1.57. The van der Waals surface area contributed by atoms with Gasteiger partial charge in [0.1, 0.15) is 5.75 Å². The summed E-state index contributed by atoms with van der Waals surface area (Å²) < 4.78 is 0. The molecule has 0 bridgehead atoms. The molecule has 0 saturated carbocycles. The Morgan fingerprint density at radius 3 is 2.64 bits per heavy atom. The summed E-state index contributed by atoms with van der Waals surface area (Å²) in [6, 6.07) is 4.55. The number of carbonyl (C=O) groups is 1. The van der Waals surface area contributed by atoms with Crippen LogP contribution < -0.4 is 0 Å². The lowest BCUT2D eigenvalue weighted by Gasteiger charge is -1.98. The summed E-state index contributed by atoms with van der Waals surface area (Å²) in [4.78, 5) is 10.3. The van der Waals surface area contributed by atoms with Gasteiger partial charge in [-0.15, -0.1) is 0 Å². The molecule has 0 aromatic heterocycles. The number of phenolic OH excluding ortho intramolecular Hbond substituents is 1. The van der Waals surface area contributed by atoms with Gasteiger partial charge in [0.15, 0.2) is 6.29 Å². The van der Waals surface area contributed by atoms with Crippen LogP contribution in [0.1, 0.15) is 15.9 Å². The fourth-order valence-corrected chi connectivity index (χ4v) is 0.830. The molecule has 0 fully saturated rings. The van der Waals surface area contributed by atoms with Gasteiger partial charge in [-0.3, -0.25) is 4.79 Å². The van der Waals surface area contributed by atoms with E-state index in [1.54, 1.807) is 12.1 Å². The molecular weight excluding hydrogens is 142 g/mol. The topological polar surface area (TPSA) is 61.1 Å². The van der Waals surface area contributed by atoms with Crippen LogP contribution >= 0.6 is 0 Å². The molecule has 0 aliphatic heterocycles. The number of phenols is 1. The summed E-state index contributed by atoms with van der Waals surface area (Å²) in [5.74, 6) is -0.0374. The van der Waals surface area contributed by atoms with E-state index in [9.17, 15) is 4.79 Å². The van der Waals surface area contributed by atoms with Gasteiger partial charge in [0.05, 0.1) is 0 Å². The molecule has 0 radical (unpaired) electrons. The molecule has 3 heteroatoms. The second kappa shape index (κ2) is 2.96. The number of rotatable bonds is 2. The highest BCUT2D eigenvalue weighted by molar-refractivity contribution is 5.93. The summed E-state index contributed by atoms with van der Waals surface area (Å²) >= 11 is 0. The average Bonchev–Trinajstić information content (AvgIpc) is 2.04. The van der Waals surface area contributed by atoms with Crippen LogP contribution in [0.2, 0.25) is 0 Å². The number of carbonyl (C=O) groups excluding carboxylic acids is 1. The van der Waals surface area contributed by atoms with E-state index in [4.69, 9.17) is 10.5 Å². The average molecular weight is 149 g/mol. The van der Waals surface area contributed by atoms with Crippen LogP contribution in [-0.4, -0.2) is 17.6 Å². The predicted octanol–water partition coefficient (Wildman–Crippen LogP) is 1.20. The number of hydrogen-bond acceptors (Lipinski definition) is 3. The molecule has 1 aromatic rings. The Kier molecular flexibility index (Phi) is 2.01. The van der Waals surface area contributed by atoms with Crippen molar-refractivity contribution in [3.63, 3.8) is 0 Å². The summed E-state index contributed by atoms with van der Waals surface area (Å²) in [6.45, 7) is 0. The van der Waals surface area contributed by atoms with Crippen LogP contribution in [0.25, 0.3) is 0 Å². The molecule has 2 N–H and O–H groups in total. The second-order valence-corrected chi connectivity index (χ2v) is 2.04. The van der Waals surface area contributed by atoms with Crippen molar-refractivity contribution in [2.75, 3.05) is 0 Å². The SMILES string of the molecule is N=Cc1c(O)cccc1C=O. The molecule has 0 aliphatic carbocycles. The van der Waals surface area contributed by atoms with Gasteiger partial charge < -0.3 is 10.5 Å². The lowest BCUT2D eigenvalue weighted by atomic mass is 10.1. The molecule has 0 heterocycles. The zero-order chi connectivity index (χ0) is 8.27. The van der Waals surface area contributed by atoms with Gasteiger partial charge in [0.25, 0.3) is 0 Å². The smallest absolute Gasteiger partial charge is 0.150 e. The lowest BCUT2D eigenvalue weighted by Crippen LogP contribution is -1.89. The van der Waals surface area contributed by atoms with Gasteiger partial charge in [-0.1, -0.05) is 12.1 Å². The fourth-order valence-electron chi connectivity index (χ4n) is 0.830. The van der Waals surface area contributed by atoms with Gasteiger partial charge in [0, 0.05) is 17.3 Å². The minimum absolute atomic E-state index is 0.0374. The predicted molar refractivity (Wildman–Crippen MR) is 41.4 cm³/mol. The Bertz CT molecular complexity index is 294. The first kappa shape index (κ1) is 7.47. The van der Waals surface area contributed by atoms with Crippen molar-refractivity contribution in [1.82, 2.24) is 0 Å². The zero-order valence-electron chi connectivity index (χ0n) is 5.74. The van der Waals surface area contributed by atoms with Crippen molar-refractivity contribution in [3.05, 3.63) is 29.3 Å². The molecule has 1 rings (SSSR count). The summed E-state index contributed by atoms with van der Waals surface area (Å²) in [5, 5.41) is 16.0. The fraction of sp³-hybridized carbons (Fsp3) is 0. The Labute approximate surface area is 63.8 Å². The molecule has 0 spiro atoms. The van der Waals surface area contributed by atoms with Crippen LogP contribution in [0.5, 0.6) is 5.75 Å². The zero-order valence-corrected chi connectivity index (χ0v) is 5.74. The van der Waals surface area contributed by atoms with E-state index in [2.05, 4.69) is 0 Å². The molecule has 0 atom stereocenters. The van der Waals surface area contributed by atoms with Gasteiger partial charge in [-0.25, -0.2) is 0 Å². The molecule has 11 heavy (non-hydrogen) atoms. The first-order valence-electron chi connectivity index (χ1n) is 3.07. The van der Waals surface area contributed by atoms with E-state index in [-0.39, 0.29) is 11.3 Å². The molecule has 0 saturated heterocycles. The number of hydrogen-bond donors (Lipinski definition) is 2. The van der Waals surface area contributed by atoms with Crippen molar-refractivity contribution in [3.8, 4) is 5.75 Å². The van der Waals surface area contributed by atoms with Gasteiger partial charge in [-0.2, -0.15) is 0 Å². The Hall–Kier alpha value is -1.64. The van der Waals surface area contributed by atoms with Crippen LogP contribution in [0.3, 0.4) is 0 Å². The molecule has 0 amide bonds. The van der Waals surface area contributed by atoms with Crippen molar-refractivity contribution in [2.45, 2.75) is 0 Å². The van der Waals surface area contributed by atoms with Crippen molar-refractivity contribution >= 4 is 12.5 Å². The highest BCUT2D eigenvalue weighted by Gasteiger charge is 2.02. The third-order valence-corrected chi connectivity index (χ3v) is 1.39. The van der Waals surface area contributed by atoms with Gasteiger partial charge >= 0.3 is 0 Å². The van der Waals surface area contributed by atoms with Crippen LogP contribution in [0.15, 0.2) is 18.2 Å². The molecule has 0 unspecified atom stereocenters. The van der Waals surface area contributed by atoms with Crippen LogP contribution in [-0.2, 0) is 0 Å². The third-order valence-electron chi connectivity index (χ3n) is 1.39. The number of nitrogens with one attached hydrogen (secondary N) is 1. The highest BCUT2D eigenvalue weighted by Crippen LogP contribution is 2.16. The monoisotopic (exact) mass is 149 g/mol. The van der Waals surface area contributed by atoms with Crippen molar-refractivity contribution in [1.29, 1.82) is 5.41 Å². The van der Waals surface area contributed by atoms with E-state index in [1.165, 1.54) is 6.07 Å². The third kappa shape index (κ3) is 1.26. The quantitative estimate of drug-likeness (QED) is 0.490. The Morgan fingerprint density at radius 2 is 2.18 bits per heavy atom. The first-order valence-corrected chi connectivity index (χ1v) is 3.07. The Balaban J connectivity index is 3.35. The molecule has 1 aromatic carbocycles. The van der Waals surface area contributed by atoms with E-state index in [0.29, 0.717) is 11.8 Å². The minimum atomic E-state index is -0.0374. The minimum Gasteiger partial charge on any atom is -0.507 e. The summed E-state index contributed by atoms with van der Waals surface area (Å²) in [7, 11) is 0. The van der Waals surface area contributed by atoms with Crippen LogP contribution in [0.4, 0.5) is 0 Å². The first-order chi connectivity index (χ1) is 5.29. The maximum Gasteiger partial charge on any atom is 0.150 e. The molecule has 3 nitrogen and oxygen atoms in total. The Morgan fingerprint density at radius 1 is 1.45 bits per heavy atom. The normalized spacial score (nSPS) is 9.09. The number of benzene rings is 1. The van der Waals surface area contributed by atoms with E-state index in [1.807, 2.05) is 0 Å². The maximum absolute atomic E-state index is 10.3. The molecule has 0 aliphatic rings. The standard InChI is InChI=1S/C8H7NO2/c9-4-7-6(5-10)2-1-3-8(7)11/h1-5,9,11H. The van der Waals surface area contributed by atoms with Gasteiger partial charge in [0.2, 0.25) is 0 Å². The number of aromatic hydroxyl groups is 1. The van der Waals surface area contributed by atoms with Crippen molar-refractivity contribution in [2.24, 2.45) is 0 Å². The highest BCUT2D eigenvalue weighted by atomic mass is 16.3. The van der Waals surface area contributed by atoms with E-state index in [0.717, 1.165) is 6.21 Å². The van der Waals surface area contributed by atoms with Gasteiger partial charge in [-0.05, 0) is 6.07 Å².